The Morgan fingerprint density at radius 2 is 1.08 bits per heavy atom. The lowest BCUT2D eigenvalue weighted by Gasteiger charge is -2.33. The molecule has 22 nitrogen and oxygen atoms in total. The average molecular weight is 1280 g/mol. The van der Waals surface area contributed by atoms with E-state index >= 15 is 0 Å². The summed E-state index contributed by atoms with van der Waals surface area (Å²) in [6.07, 6.45) is 10.4. The van der Waals surface area contributed by atoms with Crippen LogP contribution < -0.4 is 14.8 Å². The second kappa shape index (κ2) is 35.3. The highest BCUT2D eigenvalue weighted by Gasteiger charge is 2.51. The number of nitrogens with zero attached hydrogens (tertiary/aromatic N) is 4. The van der Waals surface area contributed by atoms with Crippen LogP contribution in [0.1, 0.15) is 95.9 Å². The molecule has 3 aliphatic rings. The Labute approximate surface area is 506 Å². The lowest BCUT2D eigenvalue weighted by Crippen LogP contribution is -2.32. The van der Waals surface area contributed by atoms with E-state index in [2.05, 4.69) is 78.1 Å². The van der Waals surface area contributed by atoms with E-state index in [9.17, 15) is 40.1 Å². The van der Waals surface area contributed by atoms with Crippen LogP contribution in [0, 0.1) is 35.5 Å². The van der Waals surface area contributed by atoms with E-state index in [1.54, 1.807) is 68.7 Å². The molecule has 3 aliphatic heterocycles. The third kappa shape index (κ3) is 24.4. The fourth-order valence-corrected chi connectivity index (χ4v) is 21.3. The van der Waals surface area contributed by atoms with E-state index < -0.39 is 48.8 Å². The van der Waals surface area contributed by atoms with Crippen LogP contribution in [-0.2, 0) is 69.4 Å². The highest BCUT2D eigenvalue weighted by atomic mass is 32.2. The minimum atomic E-state index is -3.57. The normalized spacial score (nSPS) is 20.7. The summed E-state index contributed by atoms with van der Waals surface area (Å²) >= 11 is 0. The van der Waals surface area contributed by atoms with Crippen LogP contribution >= 0.6 is 22.8 Å². The number of carbonyl (C=O) groups is 2. The number of benzene rings is 2. The van der Waals surface area contributed by atoms with Crippen LogP contribution in [0.25, 0.3) is 22.1 Å². The molecule has 27 heteroatoms. The predicted molar refractivity (Wildman–Crippen MR) is 338 cm³/mol. The van der Waals surface area contributed by atoms with Crippen molar-refractivity contribution in [3.05, 3.63) is 132 Å². The van der Waals surface area contributed by atoms with Gasteiger partial charge in [0.15, 0.2) is 0 Å². The Morgan fingerprint density at radius 1 is 0.640 bits per heavy atom. The first-order chi connectivity index (χ1) is 41.1. The van der Waals surface area contributed by atoms with Crippen molar-refractivity contribution in [3.63, 3.8) is 0 Å². The molecule has 0 radical (unpaired) electrons. The number of carboxylic acids is 1. The first-order valence-electron chi connectivity index (χ1n) is 28.8. The molecule has 0 spiro atoms. The van der Waals surface area contributed by atoms with Gasteiger partial charge >= 0.3 is 28.8 Å². The first-order valence-corrected chi connectivity index (χ1v) is 37.3. The number of hydrogen-bond acceptors (Lipinski definition) is 16. The van der Waals surface area contributed by atoms with E-state index in [0.717, 1.165) is 63.8 Å². The van der Waals surface area contributed by atoms with Crippen molar-refractivity contribution in [2.75, 3.05) is 75.8 Å². The van der Waals surface area contributed by atoms with E-state index in [1.165, 1.54) is 19.6 Å². The van der Waals surface area contributed by atoms with Crippen LogP contribution in [0.15, 0.2) is 110 Å². The number of carbonyl (C=O) groups excluding carboxylic acids is 1. The second-order valence-corrected chi connectivity index (χ2v) is 31.0. The molecule has 0 saturated carbocycles. The quantitative estimate of drug-likeness (QED) is 0.0325. The molecule has 9 rings (SSSR count). The van der Waals surface area contributed by atoms with Gasteiger partial charge in [-0.1, -0.05) is 89.8 Å². The zero-order chi connectivity index (χ0) is 62.6. The molecule has 7 heterocycles. The number of aliphatic carboxylic acids is 1. The summed E-state index contributed by atoms with van der Waals surface area (Å²) in [4.78, 5) is 40.7. The van der Waals surface area contributed by atoms with Crippen molar-refractivity contribution in [1.82, 2.24) is 44.5 Å². The zero-order valence-corrected chi connectivity index (χ0v) is 54.1. The Morgan fingerprint density at radius 3 is 1.48 bits per heavy atom. The largest absolute Gasteiger partial charge is 0.472 e. The van der Waals surface area contributed by atoms with E-state index in [-0.39, 0.29) is 54.3 Å². The van der Waals surface area contributed by atoms with Crippen LogP contribution in [0.5, 0.6) is 0 Å². The number of carboxylic acid groups (broad SMARTS) is 1. The fraction of sp³-hybridized carbons (Fsp3) is 0.458. The molecule has 0 aliphatic carbocycles. The SMILES string of the molecule is CCCP1(=O)OP(=O)(CCC)OP(=O)(CCC)O1.CCN(CC)CC.O=C(C#Cc1ccccc1)N1CCC(CS(=O)(=O)NCc2ccnc3[nH]ccc23)C1.O=C(O)C#Cc1ccccc1.O=S(=O)(CC1CCNC1)NCc1ccnc2[nH]ccc12. The topological polar surface area (TPSA) is 301 Å². The van der Waals surface area contributed by atoms with Gasteiger partial charge in [0.05, 0.1) is 30.0 Å². The number of sulfonamides is 2. The molecule has 468 valence electrons. The van der Waals surface area contributed by atoms with E-state index in [1.807, 2.05) is 72.7 Å². The molecule has 3 saturated heterocycles. The summed E-state index contributed by atoms with van der Waals surface area (Å²) < 4.78 is 107. The number of hydrogen-bond donors (Lipinski definition) is 6. The minimum Gasteiger partial charge on any atom is -0.472 e. The van der Waals surface area contributed by atoms with Gasteiger partial charge in [0.25, 0.3) is 5.91 Å². The monoisotopic (exact) mass is 1280 g/mol. The maximum absolute atomic E-state index is 12.6. The molecule has 6 aromatic rings. The van der Waals surface area contributed by atoms with Gasteiger partial charge in [0.1, 0.15) is 11.3 Å². The number of aromatic amines is 2. The second-order valence-electron chi connectivity index (χ2n) is 20.3. The summed E-state index contributed by atoms with van der Waals surface area (Å²) in [5.74, 6) is 8.96. The van der Waals surface area contributed by atoms with Crippen molar-refractivity contribution >= 4 is 76.8 Å². The van der Waals surface area contributed by atoms with Crippen molar-refractivity contribution in [3.8, 4) is 23.7 Å². The van der Waals surface area contributed by atoms with Crippen LogP contribution in [0.3, 0.4) is 0 Å². The molecule has 2 unspecified atom stereocenters. The first kappa shape index (κ1) is 70.9. The summed E-state index contributed by atoms with van der Waals surface area (Å²) in [7, 11) is -17.4. The van der Waals surface area contributed by atoms with Gasteiger partial charge in [0, 0.05) is 84.7 Å². The molecule has 86 heavy (non-hydrogen) atoms. The number of H-pyrrole nitrogens is 2. The summed E-state index contributed by atoms with van der Waals surface area (Å²) in [6.45, 7) is 18.7. The van der Waals surface area contributed by atoms with Crippen LogP contribution in [0.4, 0.5) is 0 Å². The third-order valence-electron chi connectivity index (χ3n) is 13.5. The number of pyridine rings is 2. The van der Waals surface area contributed by atoms with Gasteiger partial charge in [-0.3, -0.25) is 18.5 Å². The van der Waals surface area contributed by atoms with Crippen molar-refractivity contribution in [1.29, 1.82) is 0 Å². The molecule has 2 aromatic carbocycles. The van der Waals surface area contributed by atoms with Gasteiger partial charge < -0.3 is 30.2 Å². The highest BCUT2D eigenvalue weighted by Crippen LogP contribution is 2.82. The molecular formula is C59H82N9O13P3S2. The number of nitrogens with one attached hydrogen (secondary N) is 5. The van der Waals surface area contributed by atoms with Gasteiger partial charge in [0.2, 0.25) is 20.0 Å². The predicted octanol–water partition coefficient (Wildman–Crippen LogP) is 9.80. The van der Waals surface area contributed by atoms with Gasteiger partial charge in [-0.2, -0.15) is 0 Å². The lowest BCUT2D eigenvalue weighted by molar-refractivity contribution is -0.130. The van der Waals surface area contributed by atoms with Crippen molar-refractivity contribution < 1.29 is 58.2 Å². The number of rotatable bonds is 19. The Hall–Kier alpha value is -5.81. The molecule has 3 fully saturated rings. The van der Waals surface area contributed by atoms with E-state index in [4.69, 9.17) is 18.0 Å². The fourth-order valence-electron chi connectivity index (χ4n) is 9.19. The van der Waals surface area contributed by atoms with Gasteiger partial charge in [-0.15, -0.1) is 0 Å². The van der Waals surface area contributed by atoms with Crippen LogP contribution in [0.2, 0.25) is 0 Å². The number of fused-ring (bicyclic) bond motifs is 2. The molecular weight excluding hydrogens is 1200 g/mol. The van der Waals surface area contributed by atoms with E-state index in [0.29, 0.717) is 45.3 Å². The number of aromatic nitrogens is 4. The molecule has 1 amide bonds. The summed E-state index contributed by atoms with van der Waals surface area (Å²) in [5, 5.41) is 13.2. The maximum atomic E-state index is 12.6. The zero-order valence-electron chi connectivity index (χ0n) is 49.8. The Balaban J connectivity index is 0.000000211. The van der Waals surface area contributed by atoms with Gasteiger partial charge in [-0.25, -0.2) is 54.0 Å². The summed E-state index contributed by atoms with van der Waals surface area (Å²) in [6, 6.07) is 25.7. The maximum Gasteiger partial charge on any atom is 0.382 e. The molecule has 2 atom stereocenters. The highest BCUT2D eigenvalue weighted by molar-refractivity contribution is 7.89. The van der Waals surface area contributed by atoms with Crippen molar-refractivity contribution in [2.45, 2.75) is 86.7 Å². The average Bonchev–Trinajstić information content (AvgIpc) is 4.13. The summed E-state index contributed by atoms with van der Waals surface area (Å²) in [5.41, 5.74) is 4.81. The number of amides is 1. The third-order valence-corrected chi connectivity index (χ3v) is 25.4. The Bertz CT molecular complexity index is 3530. The molecule has 0 bridgehead atoms. The number of likely N-dealkylation sites (tertiary alicyclic amines) is 1. The van der Waals surface area contributed by atoms with Crippen LogP contribution in [-0.4, -0.2) is 139 Å². The van der Waals surface area contributed by atoms with Gasteiger partial charge in [-0.05, 0) is 136 Å². The standard InChI is InChI=1S/C22H22N4O3S.C13H18N4O2S.C9H21O6P3.C9H6O2.C6H15N/c27-21(7-6-17-4-2-1-3-5-17)26-13-10-18(15-26)16-30(28,29)25-14-19-8-11-23-22-20(19)9-12-24-22;18-20(19,9-10-1-4-14-7-10)17-8-11-2-5-15-13-12(11)3-6-16-13;1-4-7-16(10)13-17(11,8-5-2)15-18(12,14-16)9-6-3;10-9(11)7-6-8-4-2-1-3-5-8;1-4-7(5-2)6-3/h1-5,8-9,11-12,18,25H,10,13-16H2,(H,23,24);2-3,5-6,10,14,17H,1,4,7-9H2,(H,15,16);4-9H2,1-3H3;1-5H,(H,10,11);4-6H2,1-3H3. The molecule has 6 N–H and O–H groups in total. The minimum absolute atomic E-state index is 0.00967. The molecule has 4 aromatic heterocycles. The van der Waals surface area contributed by atoms with Crippen molar-refractivity contribution in [2.24, 2.45) is 11.8 Å². The Kier molecular flexibility index (Phi) is 29.1. The lowest BCUT2D eigenvalue weighted by atomic mass is 10.2. The smallest absolute Gasteiger partial charge is 0.382 e.